The molecular weight excluding hydrogens is 604 g/mol. The van der Waals surface area contributed by atoms with Gasteiger partial charge >= 0.3 is 11.9 Å². The minimum Gasteiger partial charge on any atom is -0.508 e. The summed E-state index contributed by atoms with van der Waals surface area (Å²) in [7, 11) is 0. The van der Waals surface area contributed by atoms with Crippen LogP contribution in [0.15, 0.2) is 42.5 Å². The van der Waals surface area contributed by atoms with Gasteiger partial charge in [-0.3, -0.25) is 9.59 Å². The number of carbonyl (C=O) groups is 2. The van der Waals surface area contributed by atoms with Gasteiger partial charge in [-0.2, -0.15) is 0 Å². The molecule has 2 N–H and O–H groups in total. The first-order valence-electron chi connectivity index (χ1n) is 18.7. The number of carbonyl (C=O) groups excluding carboxylic acids is 2. The molecule has 2 aromatic carbocycles. The molecule has 0 saturated carbocycles. The number of hydrogen-bond donors (Lipinski definition) is 2. The molecule has 48 heavy (non-hydrogen) atoms. The first-order valence-corrected chi connectivity index (χ1v) is 18.7. The van der Waals surface area contributed by atoms with Gasteiger partial charge in [0.05, 0.1) is 6.61 Å². The fourth-order valence-corrected chi connectivity index (χ4v) is 5.67. The maximum Gasteiger partial charge on any atom is 0.311 e. The van der Waals surface area contributed by atoms with E-state index in [1.807, 2.05) is 6.92 Å². The van der Waals surface area contributed by atoms with E-state index in [2.05, 4.69) is 13.8 Å². The molecule has 0 saturated heterocycles. The fraction of sp³-hybridized carbons (Fsp3) is 0.610. The Morgan fingerprint density at radius 1 is 0.646 bits per heavy atom. The van der Waals surface area contributed by atoms with Crippen LogP contribution in [0.4, 0.5) is 0 Å². The van der Waals surface area contributed by atoms with E-state index in [0.29, 0.717) is 42.1 Å². The predicted molar refractivity (Wildman–Crippen MR) is 195 cm³/mol. The summed E-state index contributed by atoms with van der Waals surface area (Å²) in [6.07, 6.45) is 23.8. The van der Waals surface area contributed by atoms with Crippen molar-refractivity contribution in [3.63, 3.8) is 0 Å². The number of unbranched alkanes of at least 4 members (excludes halogenated alkanes) is 16. The second-order valence-electron chi connectivity index (χ2n) is 12.8. The normalized spacial score (nSPS) is 11.9. The first-order chi connectivity index (χ1) is 23.4. The van der Waals surface area contributed by atoms with Crippen molar-refractivity contribution in [2.24, 2.45) is 0 Å². The summed E-state index contributed by atoms with van der Waals surface area (Å²) in [6.45, 7) is 6.66. The fourth-order valence-electron chi connectivity index (χ4n) is 5.67. The van der Waals surface area contributed by atoms with Crippen LogP contribution in [-0.2, 0) is 9.59 Å². The molecule has 268 valence electrons. The Labute approximate surface area is 290 Å². The molecule has 0 aromatic heterocycles. The lowest BCUT2D eigenvalue weighted by Crippen LogP contribution is -2.10. The summed E-state index contributed by atoms with van der Waals surface area (Å²) in [5, 5.41) is 20.8. The van der Waals surface area contributed by atoms with E-state index in [-0.39, 0.29) is 23.4 Å². The van der Waals surface area contributed by atoms with Crippen LogP contribution in [0.25, 0.3) is 6.08 Å². The number of rotatable bonds is 27. The van der Waals surface area contributed by atoms with E-state index >= 15 is 0 Å². The van der Waals surface area contributed by atoms with E-state index in [9.17, 15) is 19.8 Å². The maximum atomic E-state index is 12.9. The largest absolute Gasteiger partial charge is 0.508 e. The summed E-state index contributed by atoms with van der Waals surface area (Å²) in [5.41, 5.74) is 1.06. The van der Waals surface area contributed by atoms with Crippen LogP contribution in [0.5, 0.6) is 23.0 Å². The molecule has 0 aliphatic rings. The molecule has 7 nitrogen and oxygen atoms in total. The van der Waals surface area contributed by atoms with Gasteiger partial charge in [0, 0.05) is 36.1 Å². The van der Waals surface area contributed by atoms with Gasteiger partial charge in [0.25, 0.3) is 0 Å². The molecule has 2 aromatic rings. The zero-order chi connectivity index (χ0) is 34.8. The van der Waals surface area contributed by atoms with Crippen molar-refractivity contribution in [1.29, 1.82) is 0 Å². The van der Waals surface area contributed by atoms with Crippen molar-refractivity contribution >= 4 is 18.0 Å². The third-order valence-electron chi connectivity index (χ3n) is 8.48. The monoisotopic (exact) mass is 666 g/mol. The Balaban J connectivity index is 2.00. The molecule has 2 rings (SSSR count). The lowest BCUT2D eigenvalue weighted by molar-refractivity contribution is -0.135. The molecule has 0 amide bonds. The van der Waals surface area contributed by atoms with Crippen molar-refractivity contribution in [3.8, 4) is 23.0 Å². The van der Waals surface area contributed by atoms with Crippen molar-refractivity contribution in [1.82, 2.24) is 0 Å². The Hall–Kier alpha value is -3.32. The average molecular weight is 667 g/mol. The molecule has 0 radical (unpaired) electrons. The smallest absolute Gasteiger partial charge is 0.311 e. The second kappa shape index (κ2) is 25.7. The topological polar surface area (TPSA) is 102 Å². The summed E-state index contributed by atoms with van der Waals surface area (Å²) >= 11 is 0. The maximum absolute atomic E-state index is 12.9. The highest BCUT2D eigenvalue weighted by Crippen LogP contribution is 2.32. The average Bonchev–Trinajstić information content (AvgIpc) is 3.06. The van der Waals surface area contributed by atoms with Gasteiger partial charge in [-0.05, 0) is 44.0 Å². The highest BCUT2D eigenvalue weighted by Gasteiger charge is 2.15. The van der Waals surface area contributed by atoms with Crippen LogP contribution in [0.1, 0.15) is 166 Å². The second-order valence-corrected chi connectivity index (χ2v) is 12.8. The van der Waals surface area contributed by atoms with E-state index in [1.165, 1.54) is 89.2 Å². The van der Waals surface area contributed by atoms with Gasteiger partial charge in [0.15, 0.2) is 0 Å². The van der Waals surface area contributed by atoms with Gasteiger partial charge in [-0.1, -0.05) is 129 Å². The lowest BCUT2D eigenvalue weighted by Gasteiger charge is -2.14. The quantitative estimate of drug-likeness (QED) is 0.0555. The Kier molecular flexibility index (Phi) is 21.8. The molecular formula is C41H62O7. The number of ether oxygens (including phenoxy) is 3. The summed E-state index contributed by atoms with van der Waals surface area (Å²) in [6, 6.07) is 9.52. The number of esters is 2. The third kappa shape index (κ3) is 17.7. The van der Waals surface area contributed by atoms with E-state index in [4.69, 9.17) is 14.2 Å². The predicted octanol–water partition coefficient (Wildman–Crippen LogP) is 11.2. The molecule has 0 heterocycles. The van der Waals surface area contributed by atoms with Gasteiger partial charge in [0.2, 0.25) is 0 Å². The zero-order valence-electron chi connectivity index (χ0n) is 30.0. The Morgan fingerprint density at radius 3 is 1.71 bits per heavy atom. The van der Waals surface area contributed by atoms with Gasteiger partial charge in [-0.15, -0.1) is 0 Å². The van der Waals surface area contributed by atoms with Crippen LogP contribution < -0.4 is 14.2 Å². The number of aromatic hydroxyl groups is 1. The minimum atomic E-state index is -1.04. The van der Waals surface area contributed by atoms with Gasteiger partial charge in [0.1, 0.15) is 29.1 Å². The molecule has 0 spiro atoms. The SMILES string of the molecule is CCCCCCCCCCCC(=O)Oc1ccc(C=CC(O)c2ccc(O)cc2OCC)c(OC(=O)CCCCCCCCCCC)c1. The van der Waals surface area contributed by atoms with E-state index < -0.39 is 6.10 Å². The Morgan fingerprint density at radius 2 is 1.17 bits per heavy atom. The third-order valence-corrected chi connectivity index (χ3v) is 8.48. The lowest BCUT2D eigenvalue weighted by atomic mass is 10.1. The van der Waals surface area contributed by atoms with Crippen LogP contribution in [0.3, 0.4) is 0 Å². The number of phenolic OH excluding ortho intramolecular Hbond substituents is 1. The van der Waals surface area contributed by atoms with E-state index in [1.54, 1.807) is 36.4 Å². The highest BCUT2D eigenvalue weighted by atomic mass is 16.5. The standard InChI is InChI=1S/C41H62O7/c1-4-7-9-11-13-15-17-19-21-23-40(44)47-35-28-25-33(26-30-37(43)36-29-27-34(42)31-39(36)46-6-3)38(32-35)48-41(45)24-22-20-18-16-14-12-10-8-5-2/h25-32,37,42-43H,4-24H2,1-3H3. The number of benzene rings is 2. The van der Waals surface area contributed by atoms with Crippen LogP contribution in [0.2, 0.25) is 0 Å². The highest BCUT2D eigenvalue weighted by molar-refractivity contribution is 5.76. The molecule has 0 aliphatic heterocycles. The van der Waals surface area contributed by atoms with Crippen molar-refractivity contribution in [2.75, 3.05) is 6.61 Å². The van der Waals surface area contributed by atoms with Crippen molar-refractivity contribution < 1.29 is 34.0 Å². The van der Waals surface area contributed by atoms with Crippen molar-refractivity contribution in [3.05, 3.63) is 53.6 Å². The molecule has 0 bridgehead atoms. The molecule has 1 atom stereocenters. The zero-order valence-corrected chi connectivity index (χ0v) is 30.0. The van der Waals surface area contributed by atoms with Gasteiger partial charge < -0.3 is 24.4 Å². The number of aliphatic hydroxyl groups excluding tert-OH is 1. The molecule has 1 unspecified atom stereocenters. The summed E-state index contributed by atoms with van der Waals surface area (Å²) in [4.78, 5) is 25.5. The van der Waals surface area contributed by atoms with Crippen LogP contribution in [-0.4, -0.2) is 28.8 Å². The summed E-state index contributed by atoms with van der Waals surface area (Å²) in [5.74, 6) is 0.363. The summed E-state index contributed by atoms with van der Waals surface area (Å²) < 4.78 is 17.0. The minimum absolute atomic E-state index is 0.0440. The molecule has 7 heteroatoms. The van der Waals surface area contributed by atoms with Crippen LogP contribution >= 0.6 is 0 Å². The number of phenols is 1. The number of hydrogen-bond acceptors (Lipinski definition) is 7. The van der Waals surface area contributed by atoms with Crippen molar-refractivity contribution in [2.45, 2.75) is 155 Å². The molecule has 0 fully saturated rings. The van der Waals surface area contributed by atoms with Gasteiger partial charge in [-0.25, -0.2) is 0 Å². The molecule has 0 aliphatic carbocycles. The number of aliphatic hydroxyl groups is 1. The first kappa shape index (κ1) is 40.9. The van der Waals surface area contributed by atoms with E-state index in [0.717, 1.165) is 38.5 Å². The van der Waals surface area contributed by atoms with Crippen LogP contribution in [0, 0.1) is 0 Å². The Bertz CT molecular complexity index is 1210.